The molecule has 1 fully saturated rings. The fourth-order valence-electron chi connectivity index (χ4n) is 2.74. The number of piperidine rings is 1. The minimum absolute atomic E-state index is 0.119. The first-order valence-corrected chi connectivity index (χ1v) is 8.79. The number of halogens is 1. The molecule has 3 heterocycles. The summed E-state index contributed by atoms with van der Waals surface area (Å²) in [6.45, 7) is 3.51. The molecule has 1 aliphatic rings. The zero-order valence-corrected chi connectivity index (χ0v) is 14.0. The van der Waals surface area contributed by atoms with Crippen molar-refractivity contribution in [2.45, 2.75) is 38.5 Å². The van der Waals surface area contributed by atoms with Crippen molar-refractivity contribution in [2.75, 3.05) is 13.1 Å². The molecule has 22 heavy (non-hydrogen) atoms. The van der Waals surface area contributed by atoms with Gasteiger partial charge in [-0.15, -0.1) is 11.3 Å². The van der Waals surface area contributed by atoms with Crippen LogP contribution in [0.25, 0.3) is 11.4 Å². The van der Waals surface area contributed by atoms with E-state index in [9.17, 15) is 4.79 Å². The highest BCUT2D eigenvalue weighted by Gasteiger charge is 2.28. The standard InChI is InChI=1S/C15H18ClN3O2S/c1-2-4-12(20)19-7-3-5-10(9-19)15-17-14(18-21-15)11-6-8-22-13(11)16/h6,8,10H,2-5,7,9H2,1H3/t10-/m0/s1. The molecule has 0 N–H and O–H groups in total. The monoisotopic (exact) mass is 339 g/mol. The van der Waals surface area contributed by atoms with Crippen molar-refractivity contribution in [1.82, 2.24) is 15.0 Å². The van der Waals surface area contributed by atoms with E-state index in [4.69, 9.17) is 16.1 Å². The van der Waals surface area contributed by atoms with Gasteiger partial charge >= 0.3 is 0 Å². The van der Waals surface area contributed by atoms with Gasteiger partial charge in [-0.05, 0) is 30.7 Å². The third-order valence-electron chi connectivity index (χ3n) is 3.89. The van der Waals surface area contributed by atoms with E-state index in [1.165, 1.54) is 11.3 Å². The molecule has 0 aromatic carbocycles. The van der Waals surface area contributed by atoms with E-state index in [-0.39, 0.29) is 11.8 Å². The number of thiophene rings is 1. The summed E-state index contributed by atoms with van der Waals surface area (Å²) in [6.07, 6.45) is 3.42. The van der Waals surface area contributed by atoms with Gasteiger partial charge in [0.2, 0.25) is 17.6 Å². The predicted octanol–water partition coefficient (Wildman–Crippen LogP) is 3.96. The second-order valence-corrected chi connectivity index (χ2v) is 7.01. The van der Waals surface area contributed by atoms with Crippen LogP contribution in [0.5, 0.6) is 0 Å². The number of likely N-dealkylation sites (tertiary alicyclic amines) is 1. The third-order valence-corrected chi connectivity index (χ3v) is 5.06. The van der Waals surface area contributed by atoms with Crippen LogP contribution in [0, 0.1) is 0 Å². The van der Waals surface area contributed by atoms with Crippen LogP contribution in [0.15, 0.2) is 16.0 Å². The van der Waals surface area contributed by atoms with E-state index < -0.39 is 0 Å². The van der Waals surface area contributed by atoms with Crippen molar-refractivity contribution >= 4 is 28.8 Å². The Kier molecular flexibility index (Phi) is 4.78. The summed E-state index contributed by atoms with van der Waals surface area (Å²) in [6, 6.07) is 1.89. The maximum atomic E-state index is 12.1. The van der Waals surface area contributed by atoms with Gasteiger partial charge in [0.15, 0.2) is 0 Å². The second-order valence-electron chi connectivity index (χ2n) is 5.49. The maximum absolute atomic E-state index is 12.1. The Morgan fingerprint density at radius 3 is 3.18 bits per heavy atom. The van der Waals surface area contributed by atoms with Crippen molar-refractivity contribution in [1.29, 1.82) is 0 Å². The molecule has 1 atom stereocenters. The van der Waals surface area contributed by atoms with Gasteiger partial charge in [-0.2, -0.15) is 4.98 Å². The van der Waals surface area contributed by atoms with Gasteiger partial charge in [0.05, 0.1) is 11.5 Å². The third kappa shape index (κ3) is 3.17. The Labute approximate surface area is 138 Å². The summed E-state index contributed by atoms with van der Waals surface area (Å²) in [5, 5.41) is 5.94. The predicted molar refractivity (Wildman–Crippen MR) is 86.1 cm³/mol. The van der Waals surface area contributed by atoms with E-state index in [1.807, 2.05) is 23.3 Å². The molecule has 0 bridgehead atoms. The molecule has 3 rings (SSSR count). The summed E-state index contributed by atoms with van der Waals surface area (Å²) >= 11 is 7.56. The summed E-state index contributed by atoms with van der Waals surface area (Å²) in [4.78, 5) is 18.5. The van der Waals surface area contributed by atoms with Gasteiger partial charge in [-0.1, -0.05) is 23.7 Å². The summed E-state index contributed by atoms with van der Waals surface area (Å²) in [7, 11) is 0. The molecule has 0 saturated carbocycles. The Morgan fingerprint density at radius 2 is 2.45 bits per heavy atom. The SMILES string of the molecule is CCCC(=O)N1CCC[C@H](c2nc(-c3ccsc3Cl)no2)C1. The second kappa shape index (κ2) is 6.79. The van der Waals surface area contributed by atoms with Crippen molar-refractivity contribution in [3.63, 3.8) is 0 Å². The van der Waals surface area contributed by atoms with Crippen molar-refractivity contribution < 1.29 is 9.32 Å². The Morgan fingerprint density at radius 1 is 1.59 bits per heavy atom. The lowest BCUT2D eigenvalue weighted by molar-refractivity contribution is -0.132. The molecule has 0 aliphatic carbocycles. The molecule has 0 radical (unpaired) electrons. The molecule has 1 aliphatic heterocycles. The van der Waals surface area contributed by atoms with Crippen molar-refractivity contribution in [3.05, 3.63) is 21.7 Å². The van der Waals surface area contributed by atoms with E-state index in [2.05, 4.69) is 10.1 Å². The van der Waals surface area contributed by atoms with E-state index in [0.29, 0.717) is 29.0 Å². The molecule has 2 aromatic rings. The molecular weight excluding hydrogens is 322 g/mol. The Bertz CT molecular complexity index is 655. The zero-order chi connectivity index (χ0) is 15.5. The number of aromatic nitrogens is 2. The lowest BCUT2D eigenvalue weighted by atomic mass is 9.97. The molecule has 5 nitrogen and oxygen atoms in total. The highest BCUT2D eigenvalue weighted by molar-refractivity contribution is 7.15. The van der Waals surface area contributed by atoms with Gasteiger partial charge in [0.1, 0.15) is 4.34 Å². The van der Waals surface area contributed by atoms with Crippen LogP contribution >= 0.6 is 22.9 Å². The smallest absolute Gasteiger partial charge is 0.231 e. The molecule has 0 spiro atoms. The summed E-state index contributed by atoms with van der Waals surface area (Å²) < 4.78 is 6.08. The lowest BCUT2D eigenvalue weighted by Gasteiger charge is -2.31. The van der Waals surface area contributed by atoms with Crippen LogP contribution in [0.4, 0.5) is 0 Å². The average molecular weight is 340 g/mol. The highest BCUT2D eigenvalue weighted by atomic mass is 35.5. The molecule has 0 unspecified atom stereocenters. The number of hydrogen-bond acceptors (Lipinski definition) is 5. The molecule has 118 valence electrons. The van der Waals surface area contributed by atoms with E-state index in [1.54, 1.807) is 0 Å². The first-order chi connectivity index (χ1) is 10.7. The number of carbonyl (C=O) groups is 1. The number of hydrogen-bond donors (Lipinski definition) is 0. The number of rotatable bonds is 4. The first-order valence-electron chi connectivity index (χ1n) is 7.53. The quantitative estimate of drug-likeness (QED) is 0.846. The average Bonchev–Trinajstić information content (AvgIpc) is 3.16. The van der Waals surface area contributed by atoms with Crippen molar-refractivity contribution in [2.24, 2.45) is 0 Å². The van der Waals surface area contributed by atoms with Gasteiger partial charge in [-0.25, -0.2) is 0 Å². The van der Waals surface area contributed by atoms with Crippen LogP contribution in [0.1, 0.15) is 44.4 Å². The minimum Gasteiger partial charge on any atom is -0.342 e. The Balaban J connectivity index is 1.73. The molecule has 1 amide bonds. The van der Waals surface area contributed by atoms with Gasteiger partial charge in [0, 0.05) is 19.5 Å². The summed E-state index contributed by atoms with van der Waals surface area (Å²) in [5.74, 6) is 1.46. The van der Waals surface area contributed by atoms with E-state index >= 15 is 0 Å². The zero-order valence-electron chi connectivity index (χ0n) is 12.4. The largest absolute Gasteiger partial charge is 0.342 e. The number of nitrogens with zero attached hydrogens (tertiary/aromatic N) is 3. The number of amides is 1. The van der Waals surface area contributed by atoms with Gasteiger partial charge in [-0.3, -0.25) is 4.79 Å². The topological polar surface area (TPSA) is 59.2 Å². The maximum Gasteiger partial charge on any atom is 0.231 e. The van der Waals surface area contributed by atoms with Gasteiger partial charge in [0.25, 0.3) is 0 Å². The van der Waals surface area contributed by atoms with E-state index in [0.717, 1.165) is 31.4 Å². The van der Waals surface area contributed by atoms with Crippen LogP contribution in [-0.2, 0) is 4.79 Å². The van der Waals surface area contributed by atoms with Crippen LogP contribution in [-0.4, -0.2) is 34.0 Å². The summed E-state index contributed by atoms with van der Waals surface area (Å²) in [5.41, 5.74) is 0.802. The molecular formula is C15H18ClN3O2S. The lowest BCUT2D eigenvalue weighted by Crippen LogP contribution is -2.39. The normalized spacial score (nSPS) is 18.6. The van der Waals surface area contributed by atoms with Crippen LogP contribution < -0.4 is 0 Å². The highest BCUT2D eigenvalue weighted by Crippen LogP contribution is 2.33. The fraction of sp³-hybridized carbons (Fsp3) is 0.533. The molecule has 1 saturated heterocycles. The van der Waals surface area contributed by atoms with Crippen LogP contribution in [0.2, 0.25) is 4.34 Å². The first kappa shape index (κ1) is 15.5. The number of carbonyl (C=O) groups excluding carboxylic acids is 1. The fourth-order valence-corrected chi connectivity index (χ4v) is 3.65. The van der Waals surface area contributed by atoms with Crippen molar-refractivity contribution in [3.8, 4) is 11.4 Å². The molecule has 2 aromatic heterocycles. The van der Waals surface area contributed by atoms with Gasteiger partial charge < -0.3 is 9.42 Å². The van der Waals surface area contributed by atoms with Crippen LogP contribution in [0.3, 0.4) is 0 Å². The Hall–Kier alpha value is -1.40. The minimum atomic E-state index is 0.119. The molecule has 7 heteroatoms.